The van der Waals surface area contributed by atoms with Gasteiger partial charge in [0.25, 0.3) is 0 Å². The van der Waals surface area contributed by atoms with E-state index >= 15 is 0 Å². The Balaban J connectivity index is 0.00000242. The van der Waals surface area contributed by atoms with Crippen LogP contribution in [0.5, 0.6) is 5.75 Å². The van der Waals surface area contributed by atoms with E-state index < -0.39 is 0 Å². The first-order valence-electron chi connectivity index (χ1n) is 7.16. The monoisotopic (exact) mass is 344 g/mol. The van der Waals surface area contributed by atoms with Crippen LogP contribution in [0, 0.1) is 0 Å². The second-order valence-electron chi connectivity index (χ2n) is 4.65. The molecule has 0 aliphatic carbocycles. The van der Waals surface area contributed by atoms with Gasteiger partial charge in [-0.15, -0.1) is 12.4 Å². The third kappa shape index (κ3) is 4.35. The number of rotatable bonds is 7. The number of halogens is 2. The van der Waals surface area contributed by atoms with Gasteiger partial charge in [-0.3, -0.25) is 0 Å². The van der Waals surface area contributed by atoms with E-state index in [-0.39, 0.29) is 17.7 Å². The molecule has 7 heteroatoms. The third-order valence-corrected chi connectivity index (χ3v) is 3.67. The zero-order valence-electron chi connectivity index (χ0n) is 13.1. The summed E-state index contributed by atoms with van der Waals surface area (Å²) in [7, 11) is 1.62. The van der Waals surface area contributed by atoms with Gasteiger partial charge in [0.15, 0.2) is 0 Å². The van der Waals surface area contributed by atoms with Crippen molar-refractivity contribution in [3.63, 3.8) is 0 Å². The molecule has 0 saturated heterocycles. The predicted molar refractivity (Wildman–Crippen MR) is 94.6 cm³/mol. The molecule has 1 N–H and O–H groups in total. The number of para-hydroxylation sites is 1. The van der Waals surface area contributed by atoms with Gasteiger partial charge in [-0.1, -0.05) is 19.9 Å². The first-order chi connectivity index (χ1) is 10.2. The molecule has 1 aromatic carbocycles. The fraction of sp³-hybridized carbons (Fsp3) is 0.467. The Kier molecular flexibility index (Phi) is 7.65. The minimum absolute atomic E-state index is 0. The Labute approximate surface area is 142 Å². The summed E-state index contributed by atoms with van der Waals surface area (Å²) in [4.78, 5) is 10.9. The molecule has 0 saturated carbocycles. The second-order valence-corrected chi connectivity index (χ2v) is 4.99. The molecule has 0 amide bonds. The van der Waals surface area contributed by atoms with Crippen LogP contribution >= 0.6 is 24.0 Å². The van der Waals surface area contributed by atoms with Crippen molar-refractivity contribution in [2.24, 2.45) is 0 Å². The first-order valence-corrected chi connectivity index (χ1v) is 7.53. The maximum Gasteiger partial charge on any atom is 0.225 e. The standard InChI is InChI=1S/C15H21ClN4O.ClH/c1-4-20(5-2)10-9-17-14-11-7-6-8-12(21-3)13(11)18-15(16)19-14;/h6-8H,4-5,9-10H2,1-3H3,(H,17,18,19);1H. The molecule has 122 valence electrons. The molecule has 2 aromatic rings. The number of nitrogens with zero attached hydrogens (tertiary/aromatic N) is 3. The van der Waals surface area contributed by atoms with Crippen LogP contribution in [0.1, 0.15) is 13.8 Å². The summed E-state index contributed by atoms with van der Waals surface area (Å²) in [5, 5.41) is 4.48. The van der Waals surface area contributed by atoms with Gasteiger partial charge >= 0.3 is 0 Å². The van der Waals surface area contributed by atoms with E-state index in [0.29, 0.717) is 5.75 Å². The fourth-order valence-electron chi connectivity index (χ4n) is 2.27. The zero-order chi connectivity index (χ0) is 15.2. The Hall–Kier alpha value is -1.30. The van der Waals surface area contributed by atoms with Crippen LogP contribution in [0.3, 0.4) is 0 Å². The van der Waals surface area contributed by atoms with Crippen molar-refractivity contribution in [1.29, 1.82) is 0 Å². The molecule has 0 spiro atoms. The quantitative estimate of drug-likeness (QED) is 0.779. The van der Waals surface area contributed by atoms with Gasteiger partial charge in [-0.25, -0.2) is 9.97 Å². The molecule has 0 aliphatic rings. The molecular formula is C15H22Cl2N4O. The number of hydrogen-bond donors (Lipinski definition) is 1. The van der Waals surface area contributed by atoms with Crippen molar-refractivity contribution in [3.8, 4) is 5.75 Å². The lowest BCUT2D eigenvalue weighted by Crippen LogP contribution is -2.28. The molecule has 0 bridgehead atoms. The number of nitrogens with one attached hydrogen (secondary N) is 1. The van der Waals surface area contributed by atoms with Crippen molar-refractivity contribution in [1.82, 2.24) is 14.9 Å². The first kappa shape index (κ1) is 18.7. The number of hydrogen-bond acceptors (Lipinski definition) is 5. The number of methoxy groups -OCH3 is 1. The summed E-state index contributed by atoms with van der Waals surface area (Å²) in [6, 6.07) is 5.76. The highest BCUT2D eigenvalue weighted by atomic mass is 35.5. The largest absolute Gasteiger partial charge is 0.494 e. The SMILES string of the molecule is CCN(CC)CCNc1nc(Cl)nc2c(OC)cccc12.Cl. The number of benzene rings is 1. The Bertz CT molecular complexity index is 605. The molecule has 22 heavy (non-hydrogen) atoms. The minimum atomic E-state index is 0. The van der Waals surface area contributed by atoms with E-state index in [2.05, 4.69) is 34.0 Å². The molecule has 1 aromatic heterocycles. The molecule has 2 rings (SSSR count). The van der Waals surface area contributed by atoms with Gasteiger partial charge < -0.3 is 15.0 Å². The van der Waals surface area contributed by atoms with Crippen molar-refractivity contribution in [2.45, 2.75) is 13.8 Å². The predicted octanol–water partition coefficient (Wildman–Crippen LogP) is 3.47. The molecule has 0 aliphatic heterocycles. The van der Waals surface area contributed by atoms with Crippen LogP contribution < -0.4 is 10.1 Å². The fourth-order valence-corrected chi connectivity index (χ4v) is 2.44. The van der Waals surface area contributed by atoms with Gasteiger partial charge in [0.05, 0.1) is 7.11 Å². The average molecular weight is 345 g/mol. The highest BCUT2D eigenvalue weighted by molar-refractivity contribution is 6.29. The van der Waals surface area contributed by atoms with E-state index in [1.165, 1.54) is 0 Å². The van der Waals surface area contributed by atoms with Crippen LogP contribution in [0.25, 0.3) is 10.9 Å². The molecule has 0 unspecified atom stereocenters. The van der Waals surface area contributed by atoms with Gasteiger partial charge in [0.1, 0.15) is 17.1 Å². The maximum atomic E-state index is 6.02. The van der Waals surface area contributed by atoms with E-state index in [1.807, 2.05) is 18.2 Å². The van der Waals surface area contributed by atoms with Crippen LogP contribution in [-0.4, -0.2) is 48.2 Å². The average Bonchev–Trinajstić information content (AvgIpc) is 2.50. The van der Waals surface area contributed by atoms with E-state index in [0.717, 1.165) is 42.9 Å². The Morgan fingerprint density at radius 1 is 1.23 bits per heavy atom. The summed E-state index contributed by atoms with van der Waals surface area (Å²) in [6.07, 6.45) is 0. The lowest BCUT2D eigenvalue weighted by Gasteiger charge is -2.18. The van der Waals surface area contributed by atoms with E-state index in [4.69, 9.17) is 16.3 Å². The normalized spacial score (nSPS) is 10.6. The smallest absolute Gasteiger partial charge is 0.225 e. The molecule has 0 fully saturated rings. The van der Waals surface area contributed by atoms with Gasteiger partial charge in [-0.2, -0.15) is 0 Å². The molecule has 5 nitrogen and oxygen atoms in total. The van der Waals surface area contributed by atoms with Crippen LogP contribution in [0.15, 0.2) is 18.2 Å². The summed E-state index contributed by atoms with van der Waals surface area (Å²) < 4.78 is 5.33. The van der Waals surface area contributed by atoms with Crippen molar-refractivity contribution >= 4 is 40.7 Å². The van der Waals surface area contributed by atoms with Crippen molar-refractivity contribution in [3.05, 3.63) is 23.5 Å². The van der Waals surface area contributed by atoms with E-state index in [1.54, 1.807) is 7.11 Å². The maximum absolute atomic E-state index is 6.02. The minimum Gasteiger partial charge on any atom is -0.494 e. The van der Waals surface area contributed by atoms with E-state index in [9.17, 15) is 0 Å². The van der Waals surface area contributed by atoms with Gasteiger partial charge in [0.2, 0.25) is 5.28 Å². The van der Waals surface area contributed by atoms with Crippen molar-refractivity contribution < 1.29 is 4.74 Å². The second kappa shape index (κ2) is 8.98. The van der Waals surface area contributed by atoms with Crippen LogP contribution in [0.2, 0.25) is 5.28 Å². The Morgan fingerprint density at radius 2 is 1.95 bits per heavy atom. The number of likely N-dealkylation sites (N-methyl/N-ethyl adjacent to an activating group) is 1. The number of anilines is 1. The van der Waals surface area contributed by atoms with Crippen molar-refractivity contribution in [2.75, 3.05) is 38.6 Å². The summed E-state index contributed by atoms with van der Waals surface area (Å²) >= 11 is 6.02. The lowest BCUT2D eigenvalue weighted by molar-refractivity contribution is 0.316. The highest BCUT2D eigenvalue weighted by Gasteiger charge is 2.10. The van der Waals surface area contributed by atoms with Crippen LogP contribution in [-0.2, 0) is 0 Å². The summed E-state index contributed by atoms with van der Waals surface area (Å²) in [5.41, 5.74) is 0.727. The number of fused-ring (bicyclic) bond motifs is 1. The molecule has 0 radical (unpaired) electrons. The number of ether oxygens (including phenoxy) is 1. The Morgan fingerprint density at radius 3 is 2.59 bits per heavy atom. The zero-order valence-corrected chi connectivity index (χ0v) is 14.7. The summed E-state index contributed by atoms with van der Waals surface area (Å²) in [5.74, 6) is 1.44. The highest BCUT2D eigenvalue weighted by Crippen LogP contribution is 2.28. The number of aromatic nitrogens is 2. The molecule has 1 heterocycles. The van der Waals surface area contributed by atoms with Gasteiger partial charge in [0, 0.05) is 18.5 Å². The van der Waals surface area contributed by atoms with Crippen LogP contribution in [0.4, 0.5) is 5.82 Å². The van der Waals surface area contributed by atoms with Gasteiger partial charge in [-0.05, 0) is 36.8 Å². The lowest BCUT2D eigenvalue weighted by atomic mass is 10.2. The molecule has 0 atom stereocenters. The topological polar surface area (TPSA) is 50.3 Å². The molecular weight excluding hydrogens is 323 g/mol. The summed E-state index contributed by atoms with van der Waals surface area (Å²) in [6.45, 7) is 8.16. The third-order valence-electron chi connectivity index (χ3n) is 3.50.